The van der Waals surface area contributed by atoms with Gasteiger partial charge in [-0.2, -0.15) is 5.10 Å². The maximum atomic E-state index is 5.78. The van der Waals surface area contributed by atoms with E-state index in [1.165, 1.54) is 0 Å². The molecular formula is C12H16N4. The lowest BCUT2D eigenvalue weighted by molar-refractivity contribution is 0.557. The van der Waals surface area contributed by atoms with Crippen LogP contribution in [0.1, 0.15) is 25.5 Å². The molecule has 0 aromatic carbocycles. The number of rotatable bonds is 2. The molecule has 0 amide bonds. The third-order valence-corrected chi connectivity index (χ3v) is 3.88. The van der Waals surface area contributed by atoms with Crippen LogP contribution in [0, 0.1) is 11.3 Å². The molecule has 1 saturated carbocycles. The van der Waals surface area contributed by atoms with Crippen LogP contribution in [0.25, 0.3) is 5.65 Å². The molecule has 1 fully saturated rings. The van der Waals surface area contributed by atoms with E-state index in [0.717, 1.165) is 17.9 Å². The number of nitrogens with two attached hydrogens (primary N) is 1. The number of hydrogen-bond donors (Lipinski definition) is 1. The van der Waals surface area contributed by atoms with Crippen molar-refractivity contribution in [3.8, 4) is 0 Å². The summed E-state index contributed by atoms with van der Waals surface area (Å²) in [6, 6.07) is 3.96. The highest BCUT2D eigenvalue weighted by Crippen LogP contribution is 2.63. The summed E-state index contributed by atoms with van der Waals surface area (Å²) in [5, 5.41) is 4.57. The molecule has 1 aliphatic rings. The topological polar surface area (TPSA) is 56.2 Å². The van der Waals surface area contributed by atoms with Gasteiger partial charge < -0.3 is 5.73 Å². The van der Waals surface area contributed by atoms with Crippen molar-refractivity contribution in [3.05, 3.63) is 30.2 Å². The molecule has 2 aromatic rings. The van der Waals surface area contributed by atoms with Crippen LogP contribution in [0.5, 0.6) is 0 Å². The fraction of sp³-hybridized carbons (Fsp3) is 0.500. The Kier molecular flexibility index (Phi) is 1.86. The van der Waals surface area contributed by atoms with E-state index < -0.39 is 0 Å². The van der Waals surface area contributed by atoms with Crippen LogP contribution >= 0.6 is 0 Å². The lowest BCUT2D eigenvalue weighted by Gasteiger charge is -1.98. The van der Waals surface area contributed by atoms with Crippen LogP contribution in [0.15, 0.2) is 24.5 Å². The van der Waals surface area contributed by atoms with E-state index in [9.17, 15) is 0 Å². The summed E-state index contributed by atoms with van der Waals surface area (Å²) < 4.78 is 1.83. The predicted molar refractivity (Wildman–Crippen MR) is 62.1 cm³/mol. The average molecular weight is 216 g/mol. The van der Waals surface area contributed by atoms with Gasteiger partial charge >= 0.3 is 0 Å². The second-order valence-corrected chi connectivity index (χ2v) is 5.13. The predicted octanol–water partition coefficient (Wildman–Crippen LogP) is 1.43. The summed E-state index contributed by atoms with van der Waals surface area (Å²) in [5.74, 6) is 1.04. The molecule has 0 saturated heterocycles. The monoisotopic (exact) mass is 216 g/mol. The van der Waals surface area contributed by atoms with Gasteiger partial charge in [-0.1, -0.05) is 13.8 Å². The summed E-state index contributed by atoms with van der Waals surface area (Å²) in [6.45, 7) is 5.25. The van der Waals surface area contributed by atoms with E-state index in [0.29, 0.717) is 11.8 Å². The van der Waals surface area contributed by atoms with Gasteiger partial charge in [0.25, 0.3) is 0 Å². The van der Waals surface area contributed by atoms with Crippen molar-refractivity contribution >= 4 is 5.65 Å². The second-order valence-electron chi connectivity index (χ2n) is 5.13. The molecule has 0 spiro atoms. The zero-order valence-electron chi connectivity index (χ0n) is 9.59. The van der Waals surface area contributed by atoms with Crippen LogP contribution in [0.3, 0.4) is 0 Å². The summed E-state index contributed by atoms with van der Waals surface area (Å²) in [5.41, 5.74) is 8.10. The van der Waals surface area contributed by atoms with Crippen molar-refractivity contribution in [2.24, 2.45) is 17.1 Å². The summed E-state index contributed by atoms with van der Waals surface area (Å²) in [4.78, 5) is 4.28. The molecule has 0 aliphatic heterocycles. The molecule has 2 N–H and O–H groups in total. The standard InChI is InChI=1S/C12H16N4/c1-12(2)8(7-13)11(12)9-6-10-14-4-3-5-16(10)15-9/h3-6,8,11H,7,13H2,1-2H3/t8-,11+/m1/s1. The molecule has 4 heteroatoms. The van der Waals surface area contributed by atoms with E-state index in [2.05, 4.69) is 30.0 Å². The largest absolute Gasteiger partial charge is 0.330 e. The molecule has 2 heterocycles. The highest BCUT2D eigenvalue weighted by atomic mass is 15.2. The van der Waals surface area contributed by atoms with E-state index in [1.54, 1.807) is 6.20 Å². The second kappa shape index (κ2) is 3.04. The van der Waals surface area contributed by atoms with Crippen molar-refractivity contribution in [3.63, 3.8) is 0 Å². The zero-order chi connectivity index (χ0) is 11.3. The lowest BCUT2D eigenvalue weighted by atomic mass is 10.1. The van der Waals surface area contributed by atoms with Crippen molar-refractivity contribution < 1.29 is 0 Å². The van der Waals surface area contributed by atoms with Gasteiger partial charge in [-0.05, 0) is 23.9 Å². The van der Waals surface area contributed by atoms with Crippen LogP contribution in [-0.2, 0) is 0 Å². The normalized spacial score (nSPS) is 27.2. The van der Waals surface area contributed by atoms with E-state index >= 15 is 0 Å². The van der Waals surface area contributed by atoms with Gasteiger partial charge in [0.2, 0.25) is 0 Å². The summed E-state index contributed by atoms with van der Waals surface area (Å²) >= 11 is 0. The van der Waals surface area contributed by atoms with Gasteiger partial charge in [-0.3, -0.25) is 0 Å². The Hall–Kier alpha value is -1.42. The van der Waals surface area contributed by atoms with Crippen LogP contribution in [0.4, 0.5) is 0 Å². The number of nitrogens with zero attached hydrogens (tertiary/aromatic N) is 3. The fourth-order valence-electron chi connectivity index (χ4n) is 2.77. The first-order valence-corrected chi connectivity index (χ1v) is 5.65. The molecule has 16 heavy (non-hydrogen) atoms. The smallest absolute Gasteiger partial charge is 0.155 e. The Labute approximate surface area is 94.5 Å². The first-order chi connectivity index (χ1) is 7.64. The number of hydrogen-bond acceptors (Lipinski definition) is 3. The molecule has 2 atom stereocenters. The van der Waals surface area contributed by atoms with E-state index in [-0.39, 0.29) is 5.41 Å². The highest BCUT2D eigenvalue weighted by Gasteiger charge is 2.58. The lowest BCUT2D eigenvalue weighted by Crippen LogP contribution is -2.05. The van der Waals surface area contributed by atoms with Crippen LogP contribution in [-0.4, -0.2) is 21.1 Å². The minimum absolute atomic E-state index is 0.284. The Bertz CT molecular complexity index is 496. The van der Waals surface area contributed by atoms with Crippen molar-refractivity contribution in [1.29, 1.82) is 0 Å². The van der Waals surface area contributed by atoms with Gasteiger partial charge in [-0.25, -0.2) is 9.50 Å². The third-order valence-electron chi connectivity index (χ3n) is 3.88. The highest BCUT2D eigenvalue weighted by molar-refractivity contribution is 5.42. The summed E-state index contributed by atoms with van der Waals surface area (Å²) in [6.07, 6.45) is 3.72. The van der Waals surface area contributed by atoms with Crippen LogP contribution < -0.4 is 5.73 Å². The Morgan fingerprint density at radius 3 is 2.94 bits per heavy atom. The SMILES string of the molecule is CC1(C)[C@H](CN)[C@H]1c1cc2ncccn2n1. The quantitative estimate of drug-likeness (QED) is 0.826. The minimum Gasteiger partial charge on any atom is -0.330 e. The molecule has 4 nitrogen and oxygen atoms in total. The molecular weight excluding hydrogens is 200 g/mol. The number of fused-ring (bicyclic) bond motifs is 1. The first-order valence-electron chi connectivity index (χ1n) is 5.65. The van der Waals surface area contributed by atoms with Crippen molar-refractivity contribution in [2.45, 2.75) is 19.8 Å². The van der Waals surface area contributed by atoms with Gasteiger partial charge in [-0.15, -0.1) is 0 Å². The molecule has 2 aromatic heterocycles. The molecule has 3 rings (SSSR count). The Morgan fingerprint density at radius 2 is 2.31 bits per heavy atom. The Morgan fingerprint density at radius 1 is 1.50 bits per heavy atom. The number of aromatic nitrogens is 3. The first kappa shape index (κ1) is 9.78. The van der Waals surface area contributed by atoms with Crippen molar-refractivity contribution in [2.75, 3.05) is 6.54 Å². The summed E-state index contributed by atoms with van der Waals surface area (Å²) in [7, 11) is 0. The van der Waals surface area contributed by atoms with Crippen LogP contribution in [0.2, 0.25) is 0 Å². The van der Waals surface area contributed by atoms with E-state index in [1.807, 2.05) is 16.8 Å². The molecule has 0 bridgehead atoms. The molecule has 84 valence electrons. The third kappa shape index (κ3) is 1.19. The van der Waals surface area contributed by atoms with E-state index in [4.69, 9.17) is 5.73 Å². The van der Waals surface area contributed by atoms with Gasteiger partial charge in [0.05, 0.1) is 5.69 Å². The van der Waals surface area contributed by atoms with Gasteiger partial charge in [0.15, 0.2) is 5.65 Å². The average Bonchev–Trinajstić information content (AvgIpc) is 2.65. The maximum Gasteiger partial charge on any atom is 0.155 e. The maximum absolute atomic E-state index is 5.78. The van der Waals surface area contributed by atoms with Gasteiger partial charge in [0.1, 0.15) is 0 Å². The molecule has 1 aliphatic carbocycles. The van der Waals surface area contributed by atoms with Gasteiger partial charge in [0, 0.05) is 24.4 Å². The Balaban J connectivity index is 2.02. The molecule has 0 radical (unpaired) electrons. The molecule has 0 unspecified atom stereocenters. The van der Waals surface area contributed by atoms with Crippen molar-refractivity contribution in [1.82, 2.24) is 14.6 Å². The minimum atomic E-state index is 0.284. The zero-order valence-corrected chi connectivity index (χ0v) is 9.59. The fourth-order valence-corrected chi connectivity index (χ4v) is 2.77.